The lowest BCUT2D eigenvalue weighted by Crippen LogP contribution is -2.39. The highest BCUT2D eigenvalue weighted by molar-refractivity contribution is 5.99. The zero-order chi connectivity index (χ0) is 16.9. The van der Waals surface area contributed by atoms with Crippen molar-refractivity contribution < 1.29 is 19.4 Å². The van der Waals surface area contributed by atoms with Crippen LogP contribution < -0.4 is 5.73 Å². The van der Waals surface area contributed by atoms with Crippen LogP contribution in [-0.2, 0) is 14.3 Å². The van der Waals surface area contributed by atoms with E-state index in [1.807, 2.05) is 0 Å². The highest BCUT2D eigenvalue weighted by Gasteiger charge is 2.55. The lowest BCUT2D eigenvalue weighted by Gasteiger charge is -2.39. The van der Waals surface area contributed by atoms with Crippen molar-refractivity contribution in [3.05, 3.63) is 23.0 Å². The molecule has 130 valence electrons. The molecular formula is C18H24N2O4. The molecule has 0 radical (unpaired) electrons. The van der Waals surface area contributed by atoms with Crippen LogP contribution in [0.4, 0.5) is 0 Å². The number of hydrogen-bond donors (Lipinski definition) is 2. The summed E-state index contributed by atoms with van der Waals surface area (Å²) >= 11 is 0. The molecule has 6 nitrogen and oxygen atoms in total. The summed E-state index contributed by atoms with van der Waals surface area (Å²) in [5, 5.41) is 10.2. The number of aliphatic hydroxyl groups excluding tert-OH is 1. The highest BCUT2D eigenvalue weighted by atomic mass is 16.5. The molecule has 1 amide bonds. The number of rotatable bonds is 2. The summed E-state index contributed by atoms with van der Waals surface area (Å²) < 4.78 is 11.8. The van der Waals surface area contributed by atoms with Gasteiger partial charge in [0.25, 0.3) is 0 Å². The first kappa shape index (κ1) is 15.7. The van der Waals surface area contributed by atoms with E-state index in [4.69, 9.17) is 20.2 Å². The van der Waals surface area contributed by atoms with Gasteiger partial charge in [0.2, 0.25) is 11.8 Å². The van der Waals surface area contributed by atoms with Gasteiger partial charge in [0.05, 0.1) is 31.1 Å². The van der Waals surface area contributed by atoms with Crippen molar-refractivity contribution in [3.8, 4) is 0 Å². The minimum Gasteiger partial charge on any atom is -0.493 e. The smallest absolute Gasteiger partial charge is 0.222 e. The van der Waals surface area contributed by atoms with Crippen LogP contribution in [0, 0.1) is 5.41 Å². The maximum atomic E-state index is 11.6. The zero-order valence-electron chi connectivity index (χ0n) is 14.0. The molecule has 4 aliphatic rings. The van der Waals surface area contributed by atoms with Gasteiger partial charge in [0.1, 0.15) is 11.9 Å². The van der Waals surface area contributed by atoms with Crippen molar-refractivity contribution in [2.24, 2.45) is 16.1 Å². The predicted octanol–water partition coefficient (Wildman–Crippen LogP) is 1.58. The monoisotopic (exact) mass is 332 g/mol. The largest absolute Gasteiger partial charge is 0.493 e. The van der Waals surface area contributed by atoms with Crippen molar-refractivity contribution in [2.75, 3.05) is 7.11 Å². The van der Waals surface area contributed by atoms with E-state index < -0.39 is 12.0 Å². The number of amides is 1. The number of nitrogens with zero attached hydrogens (tertiary/aromatic N) is 1. The van der Waals surface area contributed by atoms with Crippen molar-refractivity contribution in [1.82, 2.24) is 0 Å². The van der Waals surface area contributed by atoms with Crippen LogP contribution in [0.3, 0.4) is 0 Å². The number of carbonyl (C=O) groups is 1. The first-order chi connectivity index (χ1) is 11.5. The van der Waals surface area contributed by atoms with Gasteiger partial charge in [0, 0.05) is 24.0 Å². The second-order valence-electron chi connectivity index (χ2n) is 7.29. The number of nitrogens with two attached hydrogens (primary N) is 1. The number of aliphatic imine (C=N–C) groups is 1. The van der Waals surface area contributed by atoms with Crippen molar-refractivity contribution >= 4 is 11.8 Å². The number of primary amides is 1. The molecule has 1 unspecified atom stereocenters. The van der Waals surface area contributed by atoms with Gasteiger partial charge in [-0.2, -0.15) is 0 Å². The maximum Gasteiger partial charge on any atom is 0.222 e. The predicted molar refractivity (Wildman–Crippen MR) is 88.2 cm³/mol. The summed E-state index contributed by atoms with van der Waals surface area (Å²) in [6, 6.07) is -0.150. The van der Waals surface area contributed by atoms with Gasteiger partial charge in [-0.15, -0.1) is 0 Å². The van der Waals surface area contributed by atoms with E-state index in [0.29, 0.717) is 18.7 Å². The van der Waals surface area contributed by atoms with Crippen LogP contribution in [0.2, 0.25) is 0 Å². The first-order valence-corrected chi connectivity index (χ1v) is 8.74. The van der Waals surface area contributed by atoms with Crippen molar-refractivity contribution in [2.45, 2.75) is 63.2 Å². The Hall–Kier alpha value is -1.82. The van der Waals surface area contributed by atoms with Gasteiger partial charge in [-0.3, -0.25) is 4.79 Å². The molecule has 2 aliphatic carbocycles. The second kappa shape index (κ2) is 5.62. The Morgan fingerprint density at radius 3 is 3.12 bits per heavy atom. The van der Waals surface area contributed by atoms with Crippen molar-refractivity contribution in [3.63, 3.8) is 0 Å². The first-order valence-electron chi connectivity index (χ1n) is 8.74. The van der Waals surface area contributed by atoms with Crippen LogP contribution in [0.5, 0.6) is 0 Å². The summed E-state index contributed by atoms with van der Waals surface area (Å²) in [4.78, 5) is 16.3. The molecule has 1 spiro atoms. The number of aliphatic hydroxyl groups is 1. The molecular weight excluding hydrogens is 308 g/mol. The summed E-state index contributed by atoms with van der Waals surface area (Å²) in [6.07, 6.45) is 7.22. The molecule has 1 saturated carbocycles. The van der Waals surface area contributed by atoms with Gasteiger partial charge in [0.15, 0.2) is 0 Å². The molecule has 0 saturated heterocycles. The normalized spacial score (nSPS) is 37.5. The van der Waals surface area contributed by atoms with E-state index in [-0.39, 0.29) is 24.0 Å². The SMILES string of the molecule is COC1=N[C@H]2C[C@@H](O)CC3=C2C2(C=C1CC(N)=O)CCCC[C@@H]2O3. The summed E-state index contributed by atoms with van der Waals surface area (Å²) in [6.45, 7) is 0. The third kappa shape index (κ3) is 2.27. The van der Waals surface area contributed by atoms with Gasteiger partial charge < -0.3 is 20.3 Å². The molecule has 4 atom stereocenters. The fourth-order valence-electron chi connectivity index (χ4n) is 4.92. The quantitative estimate of drug-likeness (QED) is 0.803. The number of ether oxygens (including phenoxy) is 2. The molecule has 2 heterocycles. The molecule has 0 aromatic rings. The molecule has 2 aliphatic heterocycles. The lowest BCUT2D eigenvalue weighted by molar-refractivity contribution is -0.117. The molecule has 6 heteroatoms. The molecule has 0 aromatic carbocycles. The van der Waals surface area contributed by atoms with Crippen LogP contribution in [0.1, 0.15) is 44.9 Å². The third-order valence-corrected chi connectivity index (χ3v) is 5.75. The second-order valence-corrected chi connectivity index (χ2v) is 7.29. The molecule has 0 aromatic heterocycles. The Balaban J connectivity index is 1.89. The molecule has 24 heavy (non-hydrogen) atoms. The molecule has 4 rings (SSSR count). The Kier molecular flexibility index (Phi) is 3.67. The van der Waals surface area contributed by atoms with E-state index in [0.717, 1.165) is 37.0 Å². The van der Waals surface area contributed by atoms with Gasteiger partial charge in [-0.25, -0.2) is 4.99 Å². The Morgan fingerprint density at radius 1 is 1.54 bits per heavy atom. The third-order valence-electron chi connectivity index (χ3n) is 5.75. The molecule has 3 N–H and O–H groups in total. The van der Waals surface area contributed by atoms with Crippen LogP contribution in [-0.4, -0.2) is 42.3 Å². The fourth-order valence-corrected chi connectivity index (χ4v) is 4.92. The minimum atomic E-state index is -0.453. The van der Waals surface area contributed by atoms with Crippen LogP contribution >= 0.6 is 0 Å². The maximum absolute atomic E-state index is 11.6. The van der Waals surface area contributed by atoms with E-state index in [2.05, 4.69) is 6.08 Å². The highest BCUT2D eigenvalue weighted by Crippen LogP contribution is 2.57. The number of carbonyl (C=O) groups excluding carboxylic acids is 1. The van der Waals surface area contributed by atoms with Crippen molar-refractivity contribution in [1.29, 1.82) is 0 Å². The Labute approximate surface area is 141 Å². The fraction of sp³-hybridized carbons (Fsp3) is 0.667. The number of hydrogen-bond acceptors (Lipinski definition) is 5. The topological polar surface area (TPSA) is 94.1 Å². The van der Waals surface area contributed by atoms with Crippen LogP contribution in [0.25, 0.3) is 0 Å². The zero-order valence-corrected chi connectivity index (χ0v) is 14.0. The Bertz CT molecular complexity index is 666. The van der Waals surface area contributed by atoms with E-state index in [1.165, 1.54) is 5.57 Å². The van der Waals surface area contributed by atoms with Gasteiger partial charge in [-0.05, 0) is 19.3 Å². The minimum absolute atomic E-state index is 0.0679. The van der Waals surface area contributed by atoms with E-state index in [1.54, 1.807) is 7.11 Å². The average molecular weight is 332 g/mol. The van der Waals surface area contributed by atoms with Crippen LogP contribution in [0.15, 0.2) is 28.0 Å². The lowest BCUT2D eigenvalue weighted by atomic mass is 9.64. The van der Waals surface area contributed by atoms with E-state index >= 15 is 0 Å². The summed E-state index contributed by atoms with van der Waals surface area (Å²) in [7, 11) is 1.57. The molecule has 0 bridgehead atoms. The average Bonchev–Trinajstić information content (AvgIpc) is 2.78. The van der Waals surface area contributed by atoms with Gasteiger partial charge in [-0.1, -0.05) is 12.5 Å². The standard InChI is InChI=1S/C18H24N2O4/c1-23-17-10(6-15(19)22)9-18-5-3-2-4-14(18)24-13-8-11(21)7-12(20-17)16(13)18/h9,11-12,14,21H,2-8H2,1H3,(H2,19,22)/t11-,12+,14+,18?/m1/s1. The summed E-state index contributed by atoms with van der Waals surface area (Å²) in [5.41, 5.74) is 7.17. The number of methoxy groups -OCH3 is 1. The Morgan fingerprint density at radius 2 is 2.38 bits per heavy atom. The molecule has 1 fully saturated rings. The summed E-state index contributed by atoms with van der Waals surface area (Å²) in [5.74, 6) is 0.974. The van der Waals surface area contributed by atoms with Gasteiger partial charge >= 0.3 is 0 Å². The van der Waals surface area contributed by atoms with E-state index in [9.17, 15) is 9.90 Å².